The lowest BCUT2D eigenvalue weighted by atomic mass is 9.92. The Kier molecular flexibility index (Phi) is 4.58. The molecule has 4 rings (SSSR count). The molecule has 2 aromatic carbocycles. The van der Waals surface area contributed by atoms with E-state index >= 15 is 0 Å². The van der Waals surface area contributed by atoms with Gasteiger partial charge in [0.05, 0.1) is 30.5 Å². The first-order valence-corrected chi connectivity index (χ1v) is 8.78. The van der Waals surface area contributed by atoms with Crippen LogP contribution in [0, 0.1) is 11.3 Å². The van der Waals surface area contributed by atoms with Crippen LogP contribution in [-0.2, 0) is 4.79 Å². The van der Waals surface area contributed by atoms with Gasteiger partial charge in [-0.3, -0.25) is 4.79 Å². The van der Waals surface area contributed by atoms with E-state index in [1.807, 2.05) is 54.6 Å². The molecule has 1 aliphatic heterocycles. The van der Waals surface area contributed by atoms with Crippen molar-refractivity contribution in [2.24, 2.45) is 0 Å². The van der Waals surface area contributed by atoms with Crippen LogP contribution in [0.1, 0.15) is 29.5 Å². The van der Waals surface area contributed by atoms with Crippen LogP contribution < -0.4 is 10.1 Å². The van der Waals surface area contributed by atoms with Gasteiger partial charge in [0.25, 0.3) is 0 Å². The quantitative estimate of drug-likeness (QED) is 0.777. The van der Waals surface area contributed by atoms with Crippen LogP contribution in [0.3, 0.4) is 0 Å². The second-order valence-electron chi connectivity index (χ2n) is 6.35. The smallest absolute Gasteiger partial charge is 0.229 e. The van der Waals surface area contributed by atoms with E-state index in [0.29, 0.717) is 18.6 Å². The molecule has 0 unspecified atom stereocenters. The number of fused-ring (bicyclic) bond motifs is 1. The van der Waals surface area contributed by atoms with Gasteiger partial charge in [-0.2, -0.15) is 10.4 Å². The van der Waals surface area contributed by atoms with Crippen molar-refractivity contribution < 1.29 is 9.53 Å². The molecule has 2 heterocycles. The second-order valence-corrected chi connectivity index (χ2v) is 6.35. The van der Waals surface area contributed by atoms with Crippen molar-refractivity contribution in [1.82, 2.24) is 15.1 Å². The number of nitrogens with zero attached hydrogens (tertiary/aromatic N) is 3. The molecule has 0 spiro atoms. The molecule has 0 saturated carbocycles. The molecular weight excluding hydrogens is 340 g/mol. The number of nitrogens with one attached hydrogen (secondary N) is 1. The molecule has 0 radical (unpaired) electrons. The highest BCUT2D eigenvalue weighted by atomic mass is 16.5. The Morgan fingerprint density at radius 1 is 1.22 bits per heavy atom. The minimum Gasteiger partial charge on any atom is -0.493 e. The van der Waals surface area contributed by atoms with Gasteiger partial charge in [-0.15, -0.1) is 0 Å². The van der Waals surface area contributed by atoms with Crippen LogP contribution >= 0.6 is 0 Å². The number of nitriles is 1. The molecule has 1 N–H and O–H groups in total. The van der Waals surface area contributed by atoms with Crippen molar-refractivity contribution in [3.8, 4) is 17.5 Å². The van der Waals surface area contributed by atoms with Crippen molar-refractivity contribution in [2.45, 2.75) is 18.4 Å². The number of carbonyl (C=O) groups is 1. The first kappa shape index (κ1) is 16.9. The minimum absolute atomic E-state index is 0.176. The standard InChI is InChI=1S/C21H18N4O2/c22-12-19(15-13-23-25(14-15)16-6-2-1-3-7-16)24-21(26)18-10-11-27-20-9-5-4-8-17(18)20/h1-9,13-14,18-19H,10-11H2,(H,24,26)/t18-,19-/m1/s1. The molecule has 0 bridgehead atoms. The van der Waals surface area contributed by atoms with Gasteiger partial charge in [0.1, 0.15) is 11.8 Å². The lowest BCUT2D eigenvalue weighted by Crippen LogP contribution is -2.34. The summed E-state index contributed by atoms with van der Waals surface area (Å²) in [7, 11) is 0. The monoisotopic (exact) mass is 358 g/mol. The van der Waals surface area contributed by atoms with Crippen molar-refractivity contribution in [1.29, 1.82) is 5.26 Å². The summed E-state index contributed by atoms with van der Waals surface area (Å²) in [5.41, 5.74) is 2.40. The van der Waals surface area contributed by atoms with Crippen LogP contribution in [0.2, 0.25) is 0 Å². The van der Waals surface area contributed by atoms with Gasteiger partial charge in [0.15, 0.2) is 0 Å². The molecule has 6 heteroatoms. The number of para-hydroxylation sites is 2. The Bertz CT molecular complexity index is 991. The van der Waals surface area contributed by atoms with Gasteiger partial charge in [-0.05, 0) is 24.6 Å². The summed E-state index contributed by atoms with van der Waals surface area (Å²) in [5.74, 6) is 0.231. The van der Waals surface area contributed by atoms with E-state index in [1.54, 1.807) is 17.1 Å². The number of hydrogen-bond donors (Lipinski definition) is 1. The zero-order valence-electron chi connectivity index (χ0n) is 14.6. The Hall–Kier alpha value is -3.59. The van der Waals surface area contributed by atoms with E-state index < -0.39 is 6.04 Å². The van der Waals surface area contributed by atoms with Crippen LogP contribution in [0.15, 0.2) is 67.0 Å². The number of hydrogen-bond acceptors (Lipinski definition) is 4. The number of aromatic nitrogens is 2. The van der Waals surface area contributed by atoms with E-state index in [-0.39, 0.29) is 11.8 Å². The lowest BCUT2D eigenvalue weighted by Gasteiger charge is -2.25. The third kappa shape index (κ3) is 3.40. The highest BCUT2D eigenvalue weighted by Crippen LogP contribution is 2.33. The summed E-state index contributed by atoms with van der Waals surface area (Å²) in [6.45, 7) is 0.484. The molecule has 0 aliphatic carbocycles. The average Bonchev–Trinajstić information content (AvgIpc) is 3.22. The van der Waals surface area contributed by atoms with Crippen molar-refractivity contribution in [2.75, 3.05) is 6.61 Å². The van der Waals surface area contributed by atoms with Gasteiger partial charge < -0.3 is 10.1 Å². The summed E-state index contributed by atoms with van der Waals surface area (Å²) in [6, 6.07) is 18.6. The third-order valence-electron chi connectivity index (χ3n) is 4.65. The number of carbonyl (C=O) groups excluding carboxylic acids is 1. The van der Waals surface area contributed by atoms with Crippen LogP contribution in [-0.4, -0.2) is 22.3 Å². The highest BCUT2D eigenvalue weighted by molar-refractivity contribution is 5.85. The Labute approximate surface area is 157 Å². The van der Waals surface area contributed by atoms with Crippen LogP contribution in [0.4, 0.5) is 0 Å². The maximum atomic E-state index is 12.8. The Morgan fingerprint density at radius 2 is 2.00 bits per heavy atom. The summed E-state index contributed by atoms with van der Waals surface area (Å²) in [6.07, 6.45) is 3.96. The molecule has 2 atom stereocenters. The molecular formula is C21H18N4O2. The molecule has 6 nitrogen and oxygen atoms in total. The number of amides is 1. The van der Waals surface area contributed by atoms with Gasteiger partial charge in [-0.25, -0.2) is 4.68 Å². The van der Waals surface area contributed by atoms with Gasteiger partial charge in [0, 0.05) is 17.3 Å². The van der Waals surface area contributed by atoms with Gasteiger partial charge >= 0.3 is 0 Å². The van der Waals surface area contributed by atoms with E-state index in [4.69, 9.17) is 4.74 Å². The molecule has 1 aliphatic rings. The fourth-order valence-corrected chi connectivity index (χ4v) is 3.26. The first-order valence-electron chi connectivity index (χ1n) is 8.78. The Morgan fingerprint density at radius 3 is 2.81 bits per heavy atom. The first-order chi connectivity index (χ1) is 13.3. The van der Waals surface area contributed by atoms with Crippen molar-refractivity contribution >= 4 is 5.91 Å². The summed E-state index contributed by atoms with van der Waals surface area (Å²) in [5, 5.41) is 16.7. The molecule has 27 heavy (non-hydrogen) atoms. The zero-order valence-corrected chi connectivity index (χ0v) is 14.6. The fourth-order valence-electron chi connectivity index (χ4n) is 3.26. The van der Waals surface area contributed by atoms with Crippen molar-refractivity contribution in [3.63, 3.8) is 0 Å². The molecule has 1 amide bonds. The van der Waals surface area contributed by atoms with E-state index in [2.05, 4.69) is 16.5 Å². The van der Waals surface area contributed by atoms with Gasteiger partial charge in [-0.1, -0.05) is 36.4 Å². The normalized spacial score (nSPS) is 16.5. The maximum absolute atomic E-state index is 12.8. The number of rotatable bonds is 4. The predicted octanol–water partition coefficient (Wildman–Crippen LogP) is 3.12. The summed E-state index contributed by atoms with van der Waals surface area (Å²) >= 11 is 0. The zero-order chi connectivity index (χ0) is 18.6. The average molecular weight is 358 g/mol. The SMILES string of the molecule is N#C[C@@H](NC(=O)[C@@H]1CCOc2ccccc21)c1cnn(-c2ccccc2)c1. The number of benzene rings is 2. The maximum Gasteiger partial charge on any atom is 0.229 e. The lowest BCUT2D eigenvalue weighted by molar-refractivity contribution is -0.123. The number of ether oxygens (including phenoxy) is 1. The molecule has 1 aromatic heterocycles. The molecule has 3 aromatic rings. The van der Waals surface area contributed by atoms with E-state index in [1.165, 1.54) is 0 Å². The Balaban J connectivity index is 1.53. The van der Waals surface area contributed by atoms with Crippen molar-refractivity contribution in [3.05, 3.63) is 78.1 Å². The second kappa shape index (κ2) is 7.34. The topological polar surface area (TPSA) is 79.9 Å². The summed E-state index contributed by atoms with van der Waals surface area (Å²) < 4.78 is 7.30. The highest BCUT2D eigenvalue weighted by Gasteiger charge is 2.29. The summed E-state index contributed by atoms with van der Waals surface area (Å²) in [4.78, 5) is 12.8. The van der Waals surface area contributed by atoms with Crippen LogP contribution in [0.5, 0.6) is 5.75 Å². The molecule has 0 fully saturated rings. The largest absolute Gasteiger partial charge is 0.493 e. The molecule has 134 valence electrons. The van der Waals surface area contributed by atoms with E-state index in [0.717, 1.165) is 17.0 Å². The van der Waals surface area contributed by atoms with Gasteiger partial charge in [0.2, 0.25) is 5.91 Å². The minimum atomic E-state index is -0.759. The van der Waals surface area contributed by atoms with Crippen LogP contribution in [0.25, 0.3) is 5.69 Å². The molecule has 0 saturated heterocycles. The fraction of sp³-hybridized carbons (Fsp3) is 0.190. The predicted molar refractivity (Wildman–Crippen MR) is 99.4 cm³/mol. The van der Waals surface area contributed by atoms with E-state index in [9.17, 15) is 10.1 Å². The third-order valence-corrected chi connectivity index (χ3v) is 4.65.